The maximum atomic E-state index is 6.24. The predicted octanol–water partition coefficient (Wildman–Crippen LogP) is 5.78. The molecule has 0 aliphatic heterocycles. The van der Waals surface area contributed by atoms with Crippen molar-refractivity contribution in [2.75, 3.05) is 0 Å². The van der Waals surface area contributed by atoms with E-state index in [1.54, 1.807) is 0 Å². The molecule has 20 heavy (non-hydrogen) atoms. The van der Waals surface area contributed by atoms with E-state index in [1.807, 2.05) is 42.5 Å². The van der Waals surface area contributed by atoms with Gasteiger partial charge in [0.2, 0.25) is 0 Å². The van der Waals surface area contributed by atoms with Crippen LogP contribution in [0.3, 0.4) is 0 Å². The van der Waals surface area contributed by atoms with Crippen LogP contribution >= 0.6 is 57.1 Å². The smallest absolute Gasteiger partial charge is 0.171 e. The average molecular weight is 433 g/mol. The molecular weight excluding hydrogens is 426 g/mol. The summed E-state index contributed by atoms with van der Waals surface area (Å²) in [6, 6.07) is 13.7. The van der Waals surface area contributed by atoms with Crippen molar-refractivity contribution in [3.63, 3.8) is 0 Å². The van der Waals surface area contributed by atoms with Crippen molar-refractivity contribution in [2.45, 2.75) is 0 Å². The highest BCUT2D eigenvalue weighted by Gasteiger charge is 2.14. The van der Waals surface area contributed by atoms with Crippen molar-refractivity contribution in [1.82, 2.24) is 9.97 Å². The molecule has 0 N–H and O–H groups in total. The van der Waals surface area contributed by atoms with E-state index in [0.29, 0.717) is 15.3 Å². The highest BCUT2D eigenvalue weighted by Crippen LogP contribution is 2.34. The van der Waals surface area contributed by atoms with E-state index in [0.717, 1.165) is 19.7 Å². The van der Waals surface area contributed by atoms with Crippen LogP contribution in [0.4, 0.5) is 0 Å². The van der Waals surface area contributed by atoms with Crippen molar-refractivity contribution < 1.29 is 0 Å². The van der Waals surface area contributed by atoms with Crippen LogP contribution in [0.1, 0.15) is 0 Å². The van der Waals surface area contributed by atoms with Gasteiger partial charge in [0.1, 0.15) is 5.15 Å². The van der Waals surface area contributed by atoms with Gasteiger partial charge in [-0.3, -0.25) is 0 Å². The fourth-order valence-corrected chi connectivity index (χ4v) is 3.45. The Bertz CT molecular complexity index is 759. The van der Waals surface area contributed by atoms with Gasteiger partial charge in [-0.05, 0) is 34.7 Å². The zero-order chi connectivity index (χ0) is 14.1. The molecule has 3 rings (SSSR count). The topological polar surface area (TPSA) is 25.8 Å². The minimum absolute atomic E-state index is 0.457. The molecule has 0 atom stereocenters. The summed E-state index contributed by atoms with van der Waals surface area (Å²) < 4.78 is 1.56. The summed E-state index contributed by atoms with van der Waals surface area (Å²) in [4.78, 5) is 9.88. The molecule has 2 heterocycles. The molecule has 0 amide bonds. The molecule has 0 unspecified atom stereocenters. The molecule has 100 valence electrons. The zero-order valence-electron chi connectivity index (χ0n) is 9.98. The van der Waals surface area contributed by atoms with Crippen molar-refractivity contribution >= 4 is 57.1 Å². The SMILES string of the molecule is Clc1ccc(-c2nc(Cl)c(I)c(-c3ccccc3)n2)s1. The van der Waals surface area contributed by atoms with E-state index >= 15 is 0 Å². The quantitative estimate of drug-likeness (QED) is 0.378. The molecular formula is C14H7Cl2IN2S. The summed E-state index contributed by atoms with van der Waals surface area (Å²) in [6.45, 7) is 0. The van der Waals surface area contributed by atoms with Crippen LogP contribution < -0.4 is 0 Å². The Morgan fingerprint density at radius 1 is 0.950 bits per heavy atom. The Labute approximate surface area is 143 Å². The fraction of sp³-hybridized carbons (Fsp3) is 0. The summed E-state index contributed by atoms with van der Waals surface area (Å²) in [7, 11) is 0. The number of benzene rings is 1. The third kappa shape index (κ3) is 2.83. The minimum atomic E-state index is 0.457. The van der Waals surface area contributed by atoms with E-state index in [9.17, 15) is 0 Å². The minimum Gasteiger partial charge on any atom is -0.226 e. The zero-order valence-corrected chi connectivity index (χ0v) is 14.5. The molecule has 1 aromatic carbocycles. The van der Waals surface area contributed by atoms with E-state index in [4.69, 9.17) is 23.2 Å². The average Bonchev–Trinajstić information content (AvgIpc) is 2.89. The predicted molar refractivity (Wildman–Crippen MR) is 93.5 cm³/mol. The molecule has 0 aliphatic carbocycles. The monoisotopic (exact) mass is 432 g/mol. The number of halogens is 3. The molecule has 0 bridgehead atoms. The van der Waals surface area contributed by atoms with E-state index in [2.05, 4.69) is 32.6 Å². The molecule has 0 saturated carbocycles. The van der Waals surface area contributed by atoms with Crippen LogP contribution in [0.25, 0.3) is 22.0 Å². The third-order valence-electron chi connectivity index (χ3n) is 2.65. The van der Waals surface area contributed by atoms with Gasteiger partial charge in [0.15, 0.2) is 5.82 Å². The van der Waals surface area contributed by atoms with Gasteiger partial charge in [0.05, 0.1) is 18.5 Å². The highest BCUT2D eigenvalue weighted by atomic mass is 127. The molecule has 3 aromatic rings. The van der Waals surface area contributed by atoms with Crippen LogP contribution in [0.5, 0.6) is 0 Å². The fourth-order valence-electron chi connectivity index (χ4n) is 1.75. The normalized spacial score (nSPS) is 10.8. The van der Waals surface area contributed by atoms with Gasteiger partial charge in [-0.15, -0.1) is 11.3 Å². The lowest BCUT2D eigenvalue weighted by Crippen LogP contribution is -1.96. The van der Waals surface area contributed by atoms with Gasteiger partial charge in [0.25, 0.3) is 0 Å². The largest absolute Gasteiger partial charge is 0.226 e. The first kappa shape index (κ1) is 14.3. The maximum Gasteiger partial charge on any atom is 0.171 e. The van der Waals surface area contributed by atoms with Crippen LogP contribution in [-0.4, -0.2) is 9.97 Å². The first-order valence-electron chi connectivity index (χ1n) is 5.69. The van der Waals surface area contributed by atoms with E-state index in [-0.39, 0.29) is 0 Å². The van der Waals surface area contributed by atoms with Gasteiger partial charge in [-0.1, -0.05) is 53.5 Å². The number of aromatic nitrogens is 2. The summed E-state index contributed by atoms with van der Waals surface area (Å²) in [5, 5.41) is 0.457. The molecule has 6 heteroatoms. The second-order valence-corrected chi connectivity index (χ2v) is 7.12. The summed E-state index contributed by atoms with van der Waals surface area (Å²) in [6.07, 6.45) is 0. The van der Waals surface area contributed by atoms with E-state index < -0.39 is 0 Å². The number of nitrogens with zero attached hydrogens (tertiary/aromatic N) is 2. The van der Waals surface area contributed by atoms with Crippen LogP contribution in [-0.2, 0) is 0 Å². The number of thiophene rings is 1. The van der Waals surface area contributed by atoms with Crippen molar-refractivity contribution in [3.05, 3.63) is 55.5 Å². The van der Waals surface area contributed by atoms with Gasteiger partial charge in [-0.25, -0.2) is 9.97 Å². The third-order valence-corrected chi connectivity index (χ3v) is 5.49. The van der Waals surface area contributed by atoms with Crippen LogP contribution in [0.2, 0.25) is 9.49 Å². The Morgan fingerprint density at radius 2 is 1.70 bits per heavy atom. The van der Waals surface area contributed by atoms with Crippen LogP contribution in [0, 0.1) is 3.57 Å². The molecule has 2 aromatic heterocycles. The van der Waals surface area contributed by atoms with Crippen molar-refractivity contribution in [2.24, 2.45) is 0 Å². The lowest BCUT2D eigenvalue weighted by molar-refractivity contribution is 1.17. The van der Waals surface area contributed by atoms with Crippen molar-refractivity contribution in [1.29, 1.82) is 0 Å². The number of hydrogen-bond donors (Lipinski definition) is 0. The maximum absolute atomic E-state index is 6.24. The van der Waals surface area contributed by atoms with Crippen LogP contribution in [0.15, 0.2) is 42.5 Å². The van der Waals surface area contributed by atoms with Gasteiger partial charge in [0, 0.05) is 5.56 Å². The molecule has 0 spiro atoms. The first-order chi connectivity index (χ1) is 9.65. The summed E-state index contributed by atoms with van der Waals surface area (Å²) in [5.74, 6) is 0.603. The van der Waals surface area contributed by atoms with E-state index in [1.165, 1.54) is 11.3 Å². The lowest BCUT2D eigenvalue weighted by atomic mass is 10.1. The van der Waals surface area contributed by atoms with Gasteiger partial charge < -0.3 is 0 Å². The van der Waals surface area contributed by atoms with Gasteiger partial charge >= 0.3 is 0 Å². The Morgan fingerprint density at radius 3 is 2.35 bits per heavy atom. The summed E-state index contributed by atoms with van der Waals surface area (Å²) >= 11 is 15.8. The second kappa shape index (κ2) is 5.97. The highest BCUT2D eigenvalue weighted by molar-refractivity contribution is 14.1. The van der Waals surface area contributed by atoms with Gasteiger partial charge in [-0.2, -0.15) is 0 Å². The summed E-state index contributed by atoms with van der Waals surface area (Å²) in [5.41, 5.74) is 1.86. The molecule has 0 aliphatic rings. The molecule has 0 fully saturated rings. The Balaban J connectivity index is 2.18. The molecule has 2 nitrogen and oxygen atoms in total. The number of hydrogen-bond acceptors (Lipinski definition) is 3. The standard InChI is InChI=1S/C14H7Cl2IN2S/c15-10-7-6-9(20-10)14-18-12(11(17)13(16)19-14)8-4-2-1-3-5-8/h1-7H. The first-order valence-corrected chi connectivity index (χ1v) is 8.34. The molecule has 0 saturated heterocycles. The Kier molecular flexibility index (Phi) is 4.26. The Hall–Kier alpha value is -0.690. The lowest BCUT2D eigenvalue weighted by Gasteiger charge is -2.07. The number of rotatable bonds is 2. The second-order valence-electron chi connectivity index (χ2n) is 3.97. The van der Waals surface area contributed by atoms with Crippen molar-refractivity contribution in [3.8, 4) is 22.0 Å². The molecule has 0 radical (unpaired) electrons.